The van der Waals surface area contributed by atoms with Gasteiger partial charge < -0.3 is 14.2 Å². The molecule has 144 valence electrons. The van der Waals surface area contributed by atoms with Crippen molar-refractivity contribution in [3.63, 3.8) is 0 Å². The van der Waals surface area contributed by atoms with Crippen molar-refractivity contribution < 1.29 is 18.6 Å². The number of hydrogen-bond donors (Lipinski definition) is 0. The van der Waals surface area contributed by atoms with Crippen molar-refractivity contribution in [2.24, 2.45) is 0 Å². The standard InChI is InChI=1S/C25H19FO3/c1-18-7-2-3-14-25(18)29-24-13-6-12-23(17-24)28-22-11-5-10-21(16-22)27-20-9-4-8-19(26)15-20/h2-17H,1H3. The Balaban J connectivity index is 1.49. The molecule has 4 aromatic rings. The molecule has 3 nitrogen and oxygen atoms in total. The summed E-state index contributed by atoms with van der Waals surface area (Å²) in [5.74, 6) is 3.36. The van der Waals surface area contributed by atoms with E-state index in [-0.39, 0.29) is 5.82 Å². The maximum absolute atomic E-state index is 13.3. The van der Waals surface area contributed by atoms with Crippen LogP contribution in [0.1, 0.15) is 5.56 Å². The fourth-order valence-electron chi connectivity index (χ4n) is 2.80. The van der Waals surface area contributed by atoms with Crippen LogP contribution in [0.2, 0.25) is 0 Å². The molecule has 0 aliphatic heterocycles. The van der Waals surface area contributed by atoms with E-state index in [4.69, 9.17) is 14.2 Å². The van der Waals surface area contributed by atoms with E-state index >= 15 is 0 Å². The van der Waals surface area contributed by atoms with Gasteiger partial charge in [-0.3, -0.25) is 0 Å². The third-order valence-electron chi connectivity index (χ3n) is 4.20. The highest BCUT2D eigenvalue weighted by Crippen LogP contribution is 2.32. The molecule has 0 atom stereocenters. The second kappa shape index (κ2) is 8.48. The number of aryl methyl sites for hydroxylation is 1. The summed E-state index contributed by atoms with van der Waals surface area (Å²) in [5.41, 5.74) is 1.06. The predicted molar refractivity (Wildman–Crippen MR) is 111 cm³/mol. The number of para-hydroxylation sites is 1. The van der Waals surface area contributed by atoms with E-state index in [2.05, 4.69) is 0 Å². The predicted octanol–water partition coefficient (Wildman–Crippen LogP) is 7.51. The lowest BCUT2D eigenvalue weighted by Crippen LogP contribution is -1.90. The third-order valence-corrected chi connectivity index (χ3v) is 4.20. The maximum Gasteiger partial charge on any atom is 0.131 e. The van der Waals surface area contributed by atoms with Crippen molar-refractivity contribution in [3.05, 3.63) is 108 Å². The lowest BCUT2D eigenvalue weighted by Gasteiger charge is -2.11. The number of rotatable bonds is 6. The molecule has 0 fully saturated rings. The fraction of sp³-hybridized carbons (Fsp3) is 0.0400. The first-order valence-electron chi connectivity index (χ1n) is 9.21. The quantitative estimate of drug-likeness (QED) is 0.343. The van der Waals surface area contributed by atoms with E-state index in [0.717, 1.165) is 11.3 Å². The van der Waals surface area contributed by atoms with Crippen LogP contribution >= 0.6 is 0 Å². The smallest absolute Gasteiger partial charge is 0.131 e. The summed E-state index contributed by atoms with van der Waals surface area (Å²) in [6, 6.07) is 28.5. The minimum absolute atomic E-state index is 0.347. The number of hydrogen-bond acceptors (Lipinski definition) is 3. The second-order valence-electron chi connectivity index (χ2n) is 6.48. The Hall–Kier alpha value is -3.79. The minimum atomic E-state index is -0.347. The average Bonchev–Trinajstić information content (AvgIpc) is 2.70. The number of benzene rings is 4. The highest BCUT2D eigenvalue weighted by atomic mass is 19.1. The Morgan fingerprint density at radius 2 is 1.00 bits per heavy atom. The minimum Gasteiger partial charge on any atom is -0.457 e. The Morgan fingerprint density at radius 1 is 0.517 bits per heavy atom. The van der Waals surface area contributed by atoms with E-state index in [0.29, 0.717) is 28.7 Å². The van der Waals surface area contributed by atoms with Crippen molar-refractivity contribution in [1.29, 1.82) is 0 Å². The van der Waals surface area contributed by atoms with Crippen LogP contribution in [0.25, 0.3) is 0 Å². The van der Waals surface area contributed by atoms with Crippen LogP contribution in [0.3, 0.4) is 0 Å². The van der Waals surface area contributed by atoms with Gasteiger partial charge in [-0.2, -0.15) is 0 Å². The van der Waals surface area contributed by atoms with Crippen LogP contribution in [-0.4, -0.2) is 0 Å². The van der Waals surface area contributed by atoms with Crippen LogP contribution in [-0.2, 0) is 0 Å². The zero-order valence-corrected chi connectivity index (χ0v) is 15.8. The largest absolute Gasteiger partial charge is 0.457 e. The molecule has 0 aliphatic carbocycles. The van der Waals surface area contributed by atoms with Gasteiger partial charge >= 0.3 is 0 Å². The molecule has 0 saturated carbocycles. The Morgan fingerprint density at radius 3 is 1.55 bits per heavy atom. The Bertz CT molecular complexity index is 1120. The average molecular weight is 386 g/mol. The summed E-state index contributed by atoms with van der Waals surface area (Å²) in [7, 11) is 0. The lowest BCUT2D eigenvalue weighted by molar-refractivity contribution is 0.449. The molecule has 0 bridgehead atoms. The third kappa shape index (κ3) is 4.93. The molecular formula is C25H19FO3. The molecule has 4 rings (SSSR count). The van der Waals surface area contributed by atoms with E-state index in [1.165, 1.54) is 12.1 Å². The van der Waals surface area contributed by atoms with Gasteiger partial charge in [-0.15, -0.1) is 0 Å². The molecule has 0 aromatic heterocycles. The normalized spacial score (nSPS) is 10.4. The monoisotopic (exact) mass is 386 g/mol. The van der Waals surface area contributed by atoms with Gasteiger partial charge in [0.1, 0.15) is 40.3 Å². The molecule has 29 heavy (non-hydrogen) atoms. The first-order chi connectivity index (χ1) is 14.2. The van der Waals surface area contributed by atoms with Gasteiger partial charge in [0.25, 0.3) is 0 Å². The molecule has 0 saturated heterocycles. The highest BCUT2D eigenvalue weighted by Gasteiger charge is 2.05. The van der Waals surface area contributed by atoms with Crippen molar-refractivity contribution in [2.75, 3.05) is 0 Å². The Kier molecular flexibility index (Phi) is 5.43. The van der Waals surface area contributed by atoms with Crippen molar-refractivity contribution in [2.45, 2.75) is 6.92 Å². The van der Waals surface area contributed by atoms with Gasteiger partial charge in [-0.05, 0) is 55.0 Å². The second-order valence-corrected chi connectivity index (χ2v) is 6.48. The van der Waals surface area contributed by atoms with E-state index < -0.39 is 0 Å². The molecule has 0 aliphatic rings. The highest BCUT2D eigenvalue weighted by molar-refractivity contribution is 5.43. The molecule has 0 spiro atoms. The summed E-state index contributed by atoms with van der Waals surface area (Å²) in [4.78, 5) is 0. The van der Waals surface area contributed by atoms with Crippen molar-refractivity contribution in [1.82, 2.24) is 0 Å². The molecule has 4 heteroatoms. The van der Waals surface area contributed by atoms with Crippen LogP contribution in [0, 0.1) is 12.7 Å². The fourth-order valence-corrected chi connectivity index (χ4v) is 2.80. The van der Waals surface area contributed by atoms with E-state index in [9.17, 15) is 4.39 Å². The van der Waals surface area contributed by atoms with Gasteiger partial charge in [-0.25, -0.2) is 4.39 Å². The molecule has 0 radical (unpaired) electrons. The molecule has 4 aromatic carbocycles. The lowest BCUT2D eigenvalue weighted by atomic mass is 10.2. The summed E-state index contributed by atoms with van der Waals surface area (Å²) in [6.45, 7) is 2.00. The van der Waals surface area contributed by atoms with Gasteiger partial charge in [0, 0.05) is 18.2 Å². The van der Waals surface area contributed by atoms with E-state index in [1.54, 1.807) is 24.3 Å². The van der Waals surface area contributed by atoms with Crippen molar-refractivity contribution >= 4 is 0 Å². The maximum atomic E-state index is 13.3. The molecule has 0 N–H and O–H groups in total. The SMILES string of the molecule is Cc1ccccc1Oc1cccc(Oc2cccc(Oc3cccc(F)c3)c2)c1. The Labute approximate surface area is 168 Å². The summed E-state index contributed by atoms with van der Waals surface area (Å²) < 4.78 is 31.0. The number of ether oxygens (including phenoxy) is 3. The van der Waals surface area contributed by atoms with Gasteiger partial charge in [0.05, 0.1) is 0 Å². The van der Waals surface area contributed by atoms with Gasteiger partial charge in [-0.1, -0.05) is 36.4 Å². The van der Waals surface area contributed by atoms with Crippen LogP contribution in [0.4, 0.5) is 4.39 Å². The summed E-state index contributed by atoms with van der Waals surface area (Å²) >= 11 is 0. The topological polar surface area (TPSA) is 27.7 Å². The molecular weight excluding hydrogens is 367 g/mol. The van der Waals surface area contributed by atoms with Crippen LogP contribution in [0.15, 0.2) is 97.1 Å². The molecule has 0 amide bonds. The molecule has 0 heterocycles. The van der Waals surface area contributed by atoms with Gasteiger partial charge in [0.2, 0.25) is 0 Å². The molecule has 0 unspecified atom stereocenters. The summed E-state index contributed by atoms with van der Waals surface area (Å²) in [6.07, 6.45) is 0. The first-order valence-corrected chi connectivity index (χ1v) is 9.21. The van der Waals surface area contributed by atoms with Gasteiger partial charge in [0.15, 0.2) is 0 Å². The van der Waals surface area contributed by atoms with Crippen LogP contribution in [0.5, 0.6) is 34.5 Å². The first kappa shape index (κ1) is 18.6. The number of halogens is 1. The van der Waals surface area contributed by atoms with Crippen molar-refractivity contribution in [3.8, 4) is 34.5 Å². The zero-order valence-electron chi connectivity index (χ0n) is 15.8. The summed E-state index contributed by atoms with van der Waals surface area (Å²) in [5, 5.41) is 0. The van der Waals surface area contributed by atoms with E-state index in [1.807, 2.05) is 67.6 Å². The van der Waals surface area contributed by atoms with Crippen LogP contribution < -0.4 is 14.2 Å². The zero-order chi connectivity index (χ0) is 20.1.